The van der Waals surface area contributed by atoms with Crippen LogP contribution >= 0.6 is 23.2 Å². The Kier molecular flexibility index (Phi) is 4.75. The van der Waals surface area contributed by atoms with E-state index >= 15 is 0 Å². The Labute approximate surface area is 169 Å². The zero-order valence-electron chi connectivity index (χ0n) is 14.6. The first-order valence-corrected chi connectivity index (χ1v) is 9.06. The minimum Gasteiger partial charge on any atom is -0.337 e. The molecule has 0 aliphatic heterocycles. The molecule has 2 aromatic carbocycles. The second-order valence-corrected chi connectivity index (χ2v) is 6.97. The van der Waals surface area contributed by atoms with Crippen LogP contribution in [0.3, 0.4) is 0 Å². The highest BCUT2D eigenvalue weighted by Crippen LogP contribution is 2.32. The number of nitrogens with zero attached hydrogens (tertiary/aromatic N) is 2. The number of pyridine rings is 1. The van der Waals surface area contributed by atoms with Crippen LogP contribution in [0.15, 0.2) is 48.7 Å². The lowest BCUT2D eigenvalue weighted by atomic mass is 10.2. The minimum absolute atomic E-state index is 0.145. The van der Waals surface area contributed by atoms with Crippen LogP contribution in [0.25, 0.3) is 22.4 Å². The number of H-pyrrole nitrogens is 1. The van der Waals surface area contributed by atoms with Crippen molar-refractivity contribution in [2.45, 2.75) is 6.92 Å². The Bertz CT molecular complexity index is 1200. The lowest BCUT2D eigenvalue weighted by Crippen LogP contribution is -2.13. The molecule has 2 heterocycles. The van der Waals surface area contributed by atoms with Gasteiger partial charge in [0.1, 0.15) is 17.5 Å². The van der Waals surface area contributed by atoms with Crippen LogP contribution in [0.2, 0.25) is 10.0 Å². The summed E-state index contributed by atoms with van der Waals surface area (Å²) in [7, 11) is 0. The molecule has 4 rings (SSSR count). The quantitative estimate of drug-likeness (QED) is 0.456. The summed E-state index contributed by atoms with van der Waals surface area (Å²) in [5.74, 6) is -0.187. The van der Waals surface area contributed by atoms with E-state index in [-0.39, 0.29) is 27.3 Å². The smallest absolute Gasteiger partial charge is 0.256 e. The van der Waals surface area contributed by atoms with Crippen molar-refractivity contribution < 1.29 is 9.18 Å². The highest BCUT2D eigenvalue weighted by Gasteiger charge is 2.17. The van der Waals surface area contributed by atoms with E-state index in [1.54, 1.807) is 24.4 Å². The number of aryl methyl sites for hydroxylation is 1. The first kappa shape index (κ1) is 18.4. The molecule has 1 amide bonds. The highest BCUT2D eigenvalue weighted by atomic mass is 35.5. The van der Waals surface area contributed by atoms with Crippen LogP contribution in [0.1, 0.15) is 15.9 Å². The van der Waals surface area contributed by atoms with Crippen molar-refractivity contribution in [3.05, 3.63) is 75.7 Å². The summed E-state index contributed by atoms with van der Waals surface area (Å²) in [6, 6.07) is 11.1. The van der Waals surface area contributed by atoms with E-state index in [9.17, 15) is 9.18 Å². The molecule has 0 radical (unpaired) electrons. The van der Waals surface area contributed by atoms with Crippen LogP contribution in [0, 0.1) is 12.7 Å². The van der Waals surface area contributed by atoms with Gasteiger partial charge in [-0.1, -0.05) is 35.3 Å². The lowest BCUT2D eigenvalue weighted by Gasteiger charge is -2.07. The molecule has 0 bridgehead atoms. The van der Waals surface area contributed by atoms with E-state index in [2.05, 4.69) is 20.3 Å². The van der Waals surface area contributed by atoms with Gasteiger partial charge in [0.05, 0.1) is 26.6 Å². The van der Waals surface area contributed by atoms with Gasteiger partial charge in [0, 0.05) is 11.8 Å². The monoisotopic (exact) mass is 414 g/mol. The fourth-order valence-electron chi connectivity index (χ4n) is 2.84. The zero-order chi connectivity index (χ0) is 19.8. The van der Waals surface area contributed by atoms with Crippen LogP contribution in [-0.4, -0.2) is 20.9 Å². The number of fused-ring (bicyclic) bond motifs is 1. The van der Waals surface area contributed by atoms with E-state index in [0.29, 0.717) is 22.4 Å². The Morgan fingerprint density at radius 1 is 1.14 bits per heavy atom. The number of halogens is 3. The molecule has 5 nitrogen and oxygen atoms in total. The number of rotatable bonds is 3. The normalized spacial score (nSPS) is 11.0. The van der Waals surface area contributed by atoms with Crippen molar-refractivity contribution >= 4 is 46.0 Å². The molecule has 0 fully saturated rings. The summed E-state index contributed by atoms with van der Waals surface area (Å²) in [5.41, 5.74) is 2.19. The second kappa shape index (κ2) is 7.22. The maximum atomic E-state index is 14.2. The Balaban J connectivity index is 1.75. The van der Waals surface area contributed by atoms with Crippen LogP contribution in [0.4, 0.5) is 10.2 Å². The van der Waals surface area contributed by atoms with Gasteiger partial charge in [0.2, 0.25) is 0 Å². The van der Waals surface area contributed by atoms with Crippen molar-refractivity contribution in [2.75, 3.05) is 5.32 Å². The maximum absolute atomic E-state index is 14.2. The number of hydrogen-bond acceptors (Lipinski definition) is 3. The molecule has 0 spiro atoms. The molecule has 140 valence electrons. The fraction of sp³-hybridized carbons (Fsp3) is 0.0500. The molecule has 0 saturated heterocycles. The van der Waals surface area contributed by atoms with Crippen molar-refractivity contribution in [3.63, 3.8) is 0 Å². The lowest BCUT2D eigenvalue weighted by molar-refractivity contribution is 0.102. The predicted octanol–water partition coefficient (Wildman–Crippen LogP) is 5.63. The van der Waals surface area contributed by atoms with Gasteiger partial charge in [-0.15, -0.1) is 0 Å². The van der Waals surface area contributed by atoms with Crippen LogP contribution < -0.4 is 5.32 Å². The molecule has 4 aromatic rings. The topological polar surface area (TPSA) is 70.7 Å². The van der Waals surface area contributed by atoms with Gasteiger partial charge in [0.15, 0.2) is 0 Å². The van der Waals surface area contributed by atoms with Gasteiger partial charge >= 0.3 is 0 Å². The number of amides is 1. The highest BCUT2D eigenvalue weighted by molar-refractivity contribution is 6.36. The third kappa shape index (κ3) is 3.32. The summed E-state index contributed by atoms with van der Waals surface area (Å²) in [6.45, 7) is 1.84. The predicted molar refractivity (Wildman–Crippen MR) is 108 cm³/mol. The number of nitrogens with one attached hydrogen (secondary N) is 2. The second-order valence-electron chi connectivity index (χ2n) is 6.16. The molecule has 28 heavy (non-hydrogen) atoms. The third-order valence-electron chi connectivity index (χ3n) is 4.25. The van der Waals surface area contributed by atoms with E-state index in [1.807, 2.05) is 13.0 Å². The number of anilines is 1. The summed E-state index contributed by atoms with van der Waals surface area (Å²) in [6.07, 6.45) is 1.59. The van der Waals surface area contributed by atoms with Gasteiger partial charge < -0.3 is 10.3 Å². The van der Waals surface area contributed by atoms with Gasteiger partial charge in [-0.3, -0.25) is 4.79 Å². The largest absolute Gasteiger partial charge is 0.337 e. The minimum atomic E-state index is -0.508. The zero-order valence-corrected chi connectivity index (χ0v) is 16.1. The van der Waals surface area contributed by atoms with E-state index in [4.69, 9.17) is 23.2 Å². The van der Waals surface area contributed by atoms with Gasteiger partial charge in [0.25, 0.3) is 5.91 Å². The van der Waals surface area contributed by atoms with E-state index < -0.39 is 5.82 Å². The van der Waals surface area contributed by atoms with Gasteiger partial charge in [-0.2, -0.15) is 0 Å². The number of benzene rings is 2. The molecule has 2 N–H and O–H groups in total. The van der Waals surface area contributed by atoms with Crippen molar-refractivity contribution in [3.8, 4) is 11.4 Å². The van der Waals surface area contributed by atoms with E-state index in [0.717, 1.165) is 5.56 Å². The summed E-state index contributed by atoms with van der Waals surface area (Å²) >= 11 is 12.4. The summed E-state index contributed by atoms with van der Waals surface area (Å²) in [5, 5.41) is 3.25. The number of hydrogen-bond donors (Lipinski definition) is 2. The number of aromatic nitrogens is 3. The number of carbonyl (C=O) groups is 1. The standard InChI is InChI=1S/C20H13Cl2FN4O/c1-10-4-3-7-24-18(10)27-20(28)11-8-13(22)17-15(9-11)25-19(26-17)16-12(21)5-2-6-14(16)23/h2-9H,1H3,(H,25,26)(H,24,27,28). The van der Waals surface area contributed by atoms with Crippen molar-refractivity contribution in [1.82, 2.24) is 15.0 Å². The first-order valence-electron chi connectivity index (χ1n) is 8.30. The van der Waals surface area contributed by atoms with E-state index in [1.165, 1.54) is 18.2 Å². The molecule has 0 aliphatic rings. The number of aromatic amines is 1. The molecule has 0 atom stereocenters. The fourth-order valence-corrected chi connectivity index (χ4v) is 3.35. The average molecular weight is 415 g/mol. The first-order chi connectivity index (χ1) is 13.4. The Morgan fingerprint density at radius 3 is 2.71 bits per heavy atom. The van der Waals surface area contributed by atoms with Gasteiger partial charge in [-0.25, -0.2) is 14.4 Å². The van der Waals surface area contributed by atoms with Crippen LogP contribution in [-0.2, 0) is 0 Å². The Morgan fingerprint density at radius 2 is 1.96 bits per heavy atom. The SMILES string of the molecule is Cc1cccnc1NC(=O)c1cc(Cl)c2[nH]c(-c3c(F)cccc3Cl)nc2c1. The molecule has 8 heteroatoms. The molecule has 0 saturated carbocycles. The average Bonchev–Trinajstić information content (AvgIpc) is 3.07. The number of carbonyl (C=O) groups excluding carboxylic acids is 1. The van der Waals surface area contributed by atoms with Crippen molar-refractivity contribution in [2.24, 2.45) is 0 Å². The van der Waals surface area contributed by atoms with Gasteiger partial charge in [-0.05, 0) is 42.8 Å². The summed E-state index contributed by atoms with van der Waals surface area (Å²) < 4.78 is 14.2. The maximum Gasteiger partial charge on any atom is 0.256 e. The molecular formula is C20H13Cl2FN4O. The third-order valence-corrected chi connectivity index (χ3v) is 4.86. The molecule has 0 aliphatic carbocycles. The number of imidazole rings is 1. The van der Waals surface area contributed by atoms with Crippen LogP contribution in [0.5, 0.6) is 0 Å². The Hall–Kier alpha value is -2.96. The van der Waals surface area contributed by atoms with Crippen molar-refractivity contribution in [1.29, 1.82) is 0 Å². The summed E-state index contributed by atoms with van der Waals surface area (Å²) in [4.78, 5) is 24.1. The molecular weight excluding hydrogens is 402 g/mol. The molecule has 2 aromatic heterocycles. The molecule has 0 unspecified atom stereocenters.